The topological polar surface area (TPSA) is 22.1 Å². The van der Waals surface area contributed by atoms with Crippen molar-refractivity contribution in [3.05, 3.63) is 77.6 Å². The van der Waals surface area contributed by atoms with E-state index in [9.17, 15) is 0 Å². The highest BCUT2D eigenvalue weighted by molar-refractivity contribution is 6.30. The van der Waals surface area contributed by atoms with Crippen molar-refractivity contribution >= 4 is 11.6 Å². The van der Waals surface area contributed by atoms with E-state index in [1.165, 1.54) is 5.56 Å². The van der Waals surface area contributed by atoms with Gasteiger partial charge in [-0.1, -0.05) is 54.1 Å². The first-order valence-corrected chi connectivity index (χ1v) is 7.06. The van der Waals surface area contributed by atoms with E-state index in [1.807, 2.05) is 55.5 Å². The number of hydrogen-bond acceptors (Lipinski definition) is 2. The molecule has 0 N–H and O–H groups in total. The summed E-state index contributed by atoms with van der Waals surface area (Å²) >= 11 is 5.91. The van der Waals surface area contributed by atoms with Gasteiger partial charge in [0.25, 0.3) is 0 Å². The Morgan fingerprint density at radius 3 is 2.19 bits per heavy atom. The Labute approximate surface area is 129 Å². The molecule has 0 aliphatic rings. The highest BCUT2D eigenvalue weighted by Gasteiger charge is 2.02. The van der Waals surface area contributed by atoms with Crippen LogP contribution >= 0.6 is 11.6 Å². The summed E-state index contributed by atoms with van der Waals surface area (Å²) in [5, 5.41) is 0.502. The monoisotopic (exact) mass is 295 g/mol. The number of aryl methyl sites for hydroxylation is 1. The predicted molar refractivity (Wildman–Crippen MR) is 85.9 cm³/mol. The molecule has 0 unspecified atom stereocenters. The Bertz CT molecular complexity index is 739. The summed E-state index contributed by atoms with van der Waals surface area (Å²) in [6.45, 7) is 1.90. The molecule has 3 aromatic rings. The van der Waals surface area contributed by atoms with Crippen molar-refractivity contribution < 1.29 is 4.74 Å². The third kappa shape index (κ3) is 3.23. The average molecular weight is 296 g/mol. The van der Waals surface area contributed by atoms with Gasteiger partial charge in [-0.3, -0.25) is 0 Å². The maximum absolute atomic E-state index is 5.91. The van der Waals surface area contributed by atoms with Crippen LogP contribution in [-0.2, 0) is 0 Å². The zero-order valence-electron chi connectivity index (χ0n) is 11.6. The molecule has 0 amide bonds. The second kappa shape index (κ2) is 5.98. The van der Waals surface area contributed by atoms with Crippen LogP contribution in [-0.4, -0.2) is 4.98 Å². The van der Waals surface area contributed by atoms with Crippen LogP contribution in [0, 0.1) is 6.92 Å². The Hall–Kier alpha value is -2.32. The van der Waals surface area contributed by atoms with E-state index in [0.29, 0.717) is 10.9 Å². The van der Waals surface area contributed by atoms with Crippen LogP contribution in [0.4, 0.5) is 0 Å². The van der Waals surface area contributed by atoms with Gasteiger partial charge in [0.1, 0.15) is 16.7 Å². The van der Waals surface area contributed by atoms with E-state index in [2.05, 4.69) is 17.1 Å². The number of halogens is 1. The van der Waals surface area contributed by atoms with Gasteiger partial charge in [-0.25, -0.2) is 4.98 Å². The number of ether oxygens (including phenoxy) is 1. The van der Waals surface area contributed by atoms with Crippen molar-refractivity contribution in [2.45, 2.75) is 6.92 Å². The lowest BCUT2D eigenvalue weighted by Gasteiger charge is -2.08. The Balaban J connectivity index is 1.80. The largest absolute Gasteiger partial charge is 0.456 e. The fourth-order valence-electron chi connectivity index (χ4n) is 2.07. The molecule has 0 spiro atoms. The summed E-state index contributed by atoms with van der Waals surface area (Å²) in [5.41, 5.74) is 3.25. The molecule has 0 saturated carbocycles. The van der Waals surface area contributed by atoms with Crippen molar-refractivity contribution in [1.82, 2.24) is 4.98 Å². The quantitative estimate of drug-likeness (QED) is 0.595. The fourth-order valence-corrected chi connectivity index (χ4v) is 2.17. The number of benzene rings is 2. The normalized spacial score (nSPS) is 10.4. The Morgan fingerprint density at radius 1 is 0.857 bits per heavy atom. The van der Waals surface area contributed by atoms with Crippen LogP contribution in [0.5, 0.6) is 11.5 Å². The lowest BCUT2D eigenvalue weighted by atomic mass is 10.1. The SMILES string of the molecule is Cc1cc(Oc2ccc(-c3ccccc3)cc2)cnc1Cl. The second-order valence-corrected chi connectivity index (χ2v) is 5.13. The summed E-state index contributed by atoms with van der Waals surface area (Å²) in [4.78, 5) is 4.08. The third-order valence-corrected chi connectivity index (χ3v) is 3.58. The minimum Gasteiger partial charge on any atom is -0.456 e. The lowest BCUT2D eigenvalue weighted by Crippen LogP contribution is -1.88. The van der Waals surface area contributed by atoms with Crippen molar-refractivity contribution in [3.63, 3.8) is 0 Å². The summed E-state index contributed by atoms with van der Waals surface area (Å²) in [6.07, 6.45) is 1.63. The Kier molecular flexibility index (Phi) is 3.89. The van der Waals surface area contributed by atoms with Gasteiger partial charge in [0.05, 0.1) is 6.20 Å². The zero-order valence-corrected chi connectivity index (χ0v) is 12.3. The van der Waals surface area contributed by atoms with Gasteiger partial charge >= 0.3 is 0 Å². The van der Waals surface area contributed by atoms with E-state index in [0.717, 1.165) is 16.9 Å². The number of rotatable bonds is 3. The number of nitrogens with zero attached hydrogens (tertiary/aromatic N) is 1. The lowest BCUT2D eigenvalue weighted by molar-refractivity contribution is 0.480. The van der Waals surface area contributed by atoms with Gasteiger partial charge in [-0.2, -0.15) is 0 Å². The first-order chi connectivity index (χ1) is 10.2. The predicted octanol–water partition coefficient (Wildman–Crippen LogP) is 5.50. The van der Waals surface area contributed by atoms with E-state index < -0.39 is 0 Å². The maximum atomic E-state index is 5.91. The summed E-state index contributed by atoms with van der Waals surface area (Å²) in [7, 11) is 0. The molecule has 104 valence electrons. The first kappa shape index (κ1) is 13.7. The van der Waals surface area contributed by atoms with Crippen LogP contribution in [0.3, 0.4) is 0 Å². The molecular formula is C18H14ClNO. The Morgan fingerprint density at radius 2 is 1.52 bits per heavy atom. The van der Waals surface area contributed by atoms with Crippen LogP contribution in [0.15, 0.2) is 66.9 Å². The molecule has 0 bridgehead atoms. The molecule has 0 aliphatic heterocycles. The minimum absolute atomic E-state index is 0.502. The standard InChI is InChI=1S/C18H14ClNO/c1-13-11-17(12-20-18(13)19)21-16-9-7-15(8-10-16)14-5-3-2-4-6-14/h2-12H,1H3. The molecule has 0 radical (unpaired) electrons. The molecule has 1 aromatic heterocycles. The van der Waals surface area contributed by atoms with Gasteiger partial charge in [0.15, 0.2) is 0 Å². The number of pyridine rings is 1. The highest BCUT2D eigenvalue weighted by atomic mass is 35.5. The highest BCUT2D eigenvalue weighted by Crippen LogP contribution is 2.26. The fraction of sp³-hybridized carbons (Fsp3) is 0.0556. The number of hydrogen-bond donors (Lipinski definition) is 0. The van der Waals surface area contributed by atoms with Crippen LogP contribution in [0.2, 0.25) is 5.15 Å². The zero-order chi connectivity index (χ0) is 14.7. The molecule has 21 heavy (non-hydrogen) atoms. The van der Waals surface area contributed by atoms with Crippen LogP contribution in [0.1, 0.15) is 5.56 Å². The van der Waals surface area contributed by atoms with Gasteiger partial charge in [0, 0.05) is 0 Å². The number of aromatic nitrogens is 1. The summed E-state index contributed by atoms with van der Waals surface area (Å²) in [5.74, 6) is 1.46. The molecule has 3 heteroatoms. The minimum atomic E-state index is 0.502. The van der Waals surface area contributed by atoms with Gasteiger partial charge in [0.2, 0.25) is 0 Å². The van der Waals surface area contributed by atoms with Crippen molar-refractivity contribution in [1.29, 1.82) is 0 Å². The van der Waals surface area contributed by atoms with E-state index >= 15 is 0 Å². The average Bonchev–Trinajstić information content (AvgIpc) is 2.53. The van der Waals surface area contributed by atoms with E-state index in [1.54, 1.807) is 6.20 Å². The molecule has 0 fully saturated rings. The summed E-state index contributed by atoms with van der Waals surface area (Å²) < 4.78 is 5.78. The smallest absolute Gasteiger partial charge is 0.146 e. The van der Waals surface area contributed by atoms with Gasteiger partial charge in [-0.05, 0) is 41.8 Å². The molecule has 0 atom stereocenters. The second-order valence-electron chi connectivity index (χ2n) is 4.77. The maximum Gasteiger partial charge on any atom is 0.146 e. The third-order valence-electron chi connectivity index (χ3n) is 3.19. The first-order valence-electron chi connectivity index (χ1n) is 6.68. The molecule has 1 heterocycles. The molecule has 2 nitrogen and oxygen atoms in total. The molecular weight excluding hydrogens is 282 g/mol. The molecule has 0 saturated heterocycles. The molecule has 0 aliphatic carbocycles. The van der Waals surface area contributed by atoms with E-state index in [4.69, 9.17) is 16.3 Å². The van der Waals surface area contributed by atoms with Crippen LogP contribution < -0.4 is 4.74 Å². The van der Waals surface area contributed by atoms with Gasteiger partial charge < -0.3 is 4.74 Å². The van der Waals surface area contributed by atoms with Crippen molar-refractivity contribution in [2.75, 3.05) is 0 Å². The summed E-state index contributed by atoms with van der Waals surface area (Å²) in [6, 6.07) is 20.1. The van der Waals surface area contributed by atoms with Crippen molar-refractivity contribution in [2.24, 2.45) is 0 Å². The molecule has 3 rings (SSSR count). The van der Waals surface area contributed by atoms with Crippen molar-refractivity contribution in [3.8, 4) is 22.6 Å². The van der Waals surface area contributed by atoms with E-state index in [-0.39, 0.29) is 0 Å². The van der Waals surface area contributed by atoms with Gasteiger partial charge in [-0.15, -0.1) is 0 Å². The molecule has 2 aromatic carbocycles. The van der Waals surface area contributed by atoms with Crippen LogP contribution in [0.25, 0.3) is 11.1 Å².